The third kappa shape index (κ3) is 5.95. The lowest BCUT2D eigenvalue weighted by Gasteiger charge is -2.31. The topological polar surface area (TPSA) is 97.6 Å². The normalized spacial score (nSPS) is 19.9. The summed E-state index contributed by atoms with van der Waals surface area (Å²) >= 11 is 0. The summed E-state index contributed by atoms with van der Waals surface area (Å²) in [5, 5.41) is 7.99. The van der Waals surface area contributed by atoms with Gasteiger partial charge in [-0.05, 0) is 62.7 Å². The van der Waals surface area contributed by atoms with Gasteiger partial charge in [0.2, 0.25) is 0 Å². The number of terminal acetylenes is 1. The highest BCUT2D eigenvalue weighted by Gasteiger charge is 2.49. The summed E-state index contributed by atoms with van der Waals surface area (Å²) < 4.78 is 77.8. The number of methoxy groups -OCH3 is 1. The summed E-state index contributed by atoms with van der Waals surface area (Å²) in [4.78, 5) is 26.1. The summed E-state index contributed by atoms with van der Waals surface area (Å²) in [6.45, 7) is 5.89. The number of carbonyl (C=O) groups excluding carboxylic acids is 1. The molecule has 0 spiro atoms. The fourth-order valence-electron chi connectivity index (χ4n) is 8.40. The number of rotatable bonds is 8. The van der Waals surface area contributed by atoms with Gasteiger partial charge in [-0.15, -0.1) is 6.42 Å². The Morgan fingerprint density at radius 2 is 1.93 bits per heavy atom. The number of nitrogens with one attached hydrogen (secondary N) is 1. The largest absolute Gasteiger partial charge is 0.493 e. The minimum Gasteiger partial charge on any atom is -0.493 e. The lowest BCUT2D eigenvalue weighted by molar-refractivity contribution is 0.0937. The number of benzene rings is 3. The first-order valence-corrected chi connectivity index (χ1v) is 18.1. The van der Waals surface area contributed by atoms with Crippen LogP contribution < -0.4 is 19.7 Å². The molecule has 8 rings (SSSR count). The first kappa shape index (κ1) is 35.6. The van der Waals surface area contributed by atoms with Crippen molar-refractivity contribution in [1.82, 2.24) is 30.0 Å². The molecule has 3 aliphatic heterocycles. The molecule has 14 heteroatoms. The quantitative estimate of drug-likeness (QED) is 0.141. The fraction of sp³-hybridized carbons (Fsp3) is 0.400. The zero-order valence-corrected chi connectivity index (χ0v) is 30.2. The Hall–Kier alpha value is -5.42. The van der Waals surface area contributed by atoms with Crippen LogP contribution in [-0.2, 0) is 13.1 Å². The van der Waals surface area contributed by atoms with Crippen molar-refractivity contribution in [2.45, 2.75) is 70.4 Å². The summed E-state index contributed by atoms with van der Waals surface area (Å²) in [5.74, 6) is -0.963. The molecule has 1 N–H and O–H groups in total. The molecule has 0 aliphatic carbocycles. The van der Waals surface area contributed by atoms with E-state index in [4.69, 9.17) is 20.9 Å². The SMILES string of the molecule is C#Cc1c(F)ccc2cccc(-c3c(F)c(OC)c4c(N5CCCn6nc(C(=O)NC(C)C)cc6C5)nc(OC[C@@]56CCCN5C[C@H](F)C6)nc4c3F)c12. The van der Waals surface area contributed by atoms with Crippen LogP contribution >= 0.6 is 0 Å². The van der Waals surface area contributed by atoms with Crippen molar-refractivity contribution in [3.63, 3.8) is 0 Å². The third-order valence-corrected chi connectivity index (χ3v) is 10.8. The highest BCUT2D eigenvalue weighted by molar-refractivity contribution is 6.05. The molecule has 2 fully saturated rings. The molecule has 2 saturated heterocycles. The first-order valence-electron chi connectivity index (χ1n) is 18.1. The Kier molecular flexibility index (Phi) is 9.08. The second kappa shape index (κ2) is 13.8. The first-order chi connectivity index (χ1) is 26.0. The molecule has 3 aromatic carbocycles. The van der Waals surface area contributed by atoms with Crippen LogP contribution in [0.2, 0.25) is 0 Å². The van der Waals surface area contributed by atoms with E-state index in [0.29, 0.717) is 43.6 Å². The maximum atomic E-state index is 17.3. The van der Waals surface area contributed by atoms with E-state index in [0.717, 1.165) is 19.4 Å². The van der Waals surface area contributed by atoms with Crippen LogP contribution in [0.4, 0.5) is 23.4 Å². The van der Waals surface area contributed by atoms with Crippen molar-refractivity contribution >= 4 is 33.4 Å². The molecule has 10 nitrogen and oxygen atoms in total. The van der Waals surface area contributed by atoms with Crippen molar-refractivity contribution < 1.29 is 31.8 Å². The van der Waals surface area contributed by atoms with Crippen molar-refractivity contribution in [3.8, 4) is 35.2 Å². The van der Waals surface area contributed by atoms with Crippen molar-refractivity contribution in [2.75, 3.05) is 38.3 Å². The van der Waals surface area contributed by atoms with E-state index in [1.165, 1.54) is 25.3 Å². The summed E-state index contributed by atoms with van der Waals surface area (Å²) in [7, 11) is 1.27. The van der Waals surface area contributed by atoms with Gasteiger partial charge in [0.1, 0.15) is 29.9 Å². The van der Waals surface area contributed by atoms with Crippen LogP contribution in [0.3, 0.4) is 0 Å². The van der Waals surface area contributed by atoms with E-state index >= 15 is 13.2 Å². The van der Waals surface area contributed by atoms with Crippen molar-refractivity contribution in [1.29, 1.82) is 0 Å². The number of amides is 1. The van der Waals surface area contributed by atoms with Crippen LogP contribution in [0.25, 0.3) is 32.8 Å². The lowest BCUT2D eigenvalue weighted by Crippen LogP contribution is -2.43. The Morgan fingerprint density at radius 1 is 1.09 bits per heavy atom. The van der Waals surface area contributed by atoms with Crippen LogP contribution in [0.15, 0.2) is 36.4 Å². The van der Waals surface area contributed by atoms with Gasteiger partial charge in [0.15, 0.2) is 23.1 Å². The third-order valence-electron chi connectivity index (χ3n) is 10.8. The monoisotopic (exact) mass is 741 g/mol. The van der Waals surface area contributed by atoms with E-state index in [-0.39, 0.29) is 75.8 Å². The molecule has 280 valence electrons. The molecule has 5 aromatic rings. The smallest absolute Gasteiger partial charge is 0.319 e. The van der Waals surface area contributed by atoms with Gasteiger partial charge in [0.25, 0.3) is 5.91 Å². The van der Waals surface area contributed by atoms with Gasteiger partial charge >= 0.3 is 6.01 Å². The summed E-state index contributed by atoms with van der Waals surface area (Å²) in [6.07, 6.45) is 7.19. The second-order valence-electron chi connectivity index (χ2n) is 14.6. The van der Waals surface area contributed by atoms with Gasteiger partial charge in [-0.2, -0.15) is 15.1 Å². The number of carbonyl (C=O) groups is 1. The Bertz CT molecular complexity index is 2360. The molecule has 2 atom stereocenters. The molecule has 5 heterocycles. The number of halogens is 4. The van der Waals surface area contributed by atoms with E-state index in [1.807, 2.05) is 18.7 Å². The fourth-order valence-corrected chi connectivity index (χ4v) is 8.40. The van der Waals surface area contributed by atoms with Gasteiger partial charge in [0, 0.05) is 37.5 Å². The summed E-state index contributed by atoms with van der Waals surface area (Å²) in [5.41, 5.74) is -0.533. The number of alkyl halides is 1. The van der Waals surface area contributed by atoms with Gasteiger partial charge in [0.05, 0.1) is 41.4 Å². The van der Waals surface area contributed by atoms with E-state index < -0.39 is 34.7 Å². The molecule has 3 aliphatic rings. The lowest BCUT2D eigenvalue weighted by atomic mass is 9.92. The Morgan fingerprint density at radius 3 is 2.70 bits per heavy atom. The predicted molar refractivity (Wildman–Crippen MR) is 196 cm³/mol. The number of ether oxygens (including phenoxy) is 2. The minimum absolute atomic E-state index is 0.0177. The van der Waals surface area contributed by atoms with E-state index in [1.54, 1.807) is 22.9 Å². The van der Waals surface area contributed by atoms with Crippen LogP contribution in [-0.4, -0.2) is 81.7 Å². The highest BCUT2D eigenvalue weighted by Crippen LogP contribution is 2.46. The highest BCUT2D eigenvalue weighted by atomic mass is 19.1. The number of aryl methyl sites for hydroxylation is 1. The zero-order valence-electron chi connectivity index (χ0n) is 30.2. The molecule has 2 aromatic heterocycles. The second-order valence-corrected chi connectivity index (χ2v) is 14.6. The minimum atomic E-state index is -1.05. The summed E-state index contributed by atoms with van der Waals surface area (Å²) in [6, 6.07) is 8.88. The van der Waals surface area contributed by atoms with Gasteiger partial charge < -0.3 is 19.7 Å². The van der Waals surface area contributed by atoms with E-state index in [2.05, 4.69) is 26.2 Å². The molecule has 0 radical (unpaired) electrons. The molecular formula is C40H39F4N7O3. The standard InChI is InChI=1S/C40H39F4N7O3/c1-5-26-28(42)12-11-23-9-6-10-27(30(23)26)31-33(43)35-32(36(53-4)34(31)44)37(47-39(46-35)54-21-40-13-7-15-50(40)19-24(41)18-40)49-14-8-16-51-25(20-49)17-29(48-51)38(52)45-22(2)3/h1,6,9-12,17,22,24H,7-8,13-16,18-21H2,2-4H3,(H,45,52)/t24-,40+/m1/s1. The van der Waals surface area contributed by atoms with Crippen LogP contribution in [0.1, 0.15) is 61.3 Å². The maximum absolute atomic E-state index is 17.3. The maximum Gasteiger partial charge on any atom is 0.319 e. The number of fused-ring (bicyclic) bond motifs is 4. The van der Waals surface area contributed by atoms with E-state index in [9.17, 15) is 9.18 Å². The van der Waals surface area contributed by atoms with Gasteiger partial charge in [-0.3, -0.25) is 14.4 Å². The number of anilines is 1. The molecule has 1 amide bonds. The molecular weight excluding hydrogens is 702 g/mol. The van der Waals surface area contributed by atoms with Crippen molar-refractivity contribution in [3.05, 3.63) is 70.8 Å². The average molecular weight is 742 g/mol. The predicted octanol–water partition coefficient (Wildman–Crippen LogP) is 6.56. The molecule has 0 unspecified atom stereocenters. The van der Waals surface area contributed by atoms with Crippen LogP contribution in [0.5, 0.6) is 11.8 Å². The number of hydrogen-bond acceptors (Lipinski definition) is 8. The van der Waals surface area contributed by atoms with Gasteiger partial charge in [-0.1, -0.05) is 30.2 Å². The Balaban J connectivity index is 1.31. The molecule has 0 bridgehead atoms. The van der Waals surface area contributed by atoms with Gasteiger partial charge in [-0.25, -0.2) is 17.6 Å². The Labute approximate surface area is 309 Å². The zero-order chi connectivity index (χ0) is 37.9. The van der Waals surface area contributed by atoms with Crippen molar-refractivity contribution in [2.24, 2.45) is 0 Å². The van der Waals surface area contributed by atoms with Crippen LogP contribution in [0, 0.1) is 29.8 Å². The number of aromatic nitrogens is 4. The average Bonchev–Trinajstić information content (AvgIpc) is 3.78. The number of hydrogen-bond donors (Lipinski definition) is 1. The molecule has 0 saturated carbocycles. The number of nitrogens with zero attached hydrogens (tertiary/aromatic N) is 6. The molecule has 54 heavy (non-hydrogen) atoms.